The quantitative estimate of drug-likeness (QED) is 0.317. The molecule has 3 heteroatoms. The van der Waals surface area contributed by atoms with Crippen LogP contribution in [-0.4, -0.2) is 22.9 Å². The lowest BCUT2D eigenvalue weighted by Crippen LogP contribution is -2.28. The summed E-state index contributed by atoms with van der Waals surface area (Å²) >= 11 is 0. The second-order valence-corrected chi connectivity index (χ2v) is 3.48. The highest BCUT2D eigenvalue weighted by Gasteiger charge is 2.17. The summed E-state index contributed by atoms with van der Waals surface area (Å²) in [5.41, 5.74) is 5.74. The Labute approximate surface area is 85.9 Å². The second kappa shape index (κ2) is 7.59. The van der Waals surface area contributed by atoms with Crippen LogP contribution >= 0.6 is 0 Å². The molecular weight excluding hydrogens is 178 g/mol. The minimum atomic E-state index is -0.235. The van der Waals surface area contributed by atoms with Gasteiger partial charge in [-0.15, -0.1) is 6.58 Å². The van der Waals surface area contributed by atoms with E-state index in [2.05, 4.69) is 13.2 Å². The number of nitrogens with two attached hydrogens (primary N) is 1. The van der Waals surface area contributed by atoms with Gasteiger partial charge in [0.25, 0.3) is 0 Å². The lowest BCUT2D eigenvalue weighted by atomic mass is 9.92. The molecule has 0 aliphatic rings. The second-order valence-electron chi connectivity index (χ2n) is 3.48. The molecule has 0 aliphatic carbocycles. The third-order valence-corrected chi connectivity index (χ3v) is 2.34. The molecule has 0 aromatic heterocycles. The molecule has 0 bridgehead atoms. The molecular formula is C11H21NO2. The molecule has 0 aliphatic heterocycles. The zero-order valence-corrected chi connectivity index (χ0v) is 8.65. The van der Waals surface area contributed by atoms with Crippen LogP contribution < -0.4 is 5.73 Å². The summed E-state index contributed by atoms with van der Waals surface area (Å²) in [4.78, 5) is 0. The first kappa shape index (κ1) is 13.2. The van der Waals surface area contributed by atoms with Crippen molar-refractivity contribution in [2.75, 3.05) is 6.61 Å². The Morgan fingerprint density at radius 1 is 1.36 bits per heavy atom. The van der Waals surface area contributed by atoms with Gasteiger partial charge in [-0.1, -0.05) is 25.5 Å². The molecule has 0 amide bonds. The normalized spacial score (nSPS) is 14.7. The van der Waals surface area contributed by atoms with Crippen LogP contribution in [0.1, 0.15) is 25.7 Å². The molecule has 0 fully saturated rings. The van der Waals surface area contributed by atoms with Gasteiger partial charge in [-0.25, -0.2) is 0 Å². The lowest BCUT2D eigenvalue weighted by molar-refractivity contribution is 0.273. The monoisotopic (exact) mass is 199 g/mol. The Bertz CT molecular complexity index is 180. The summed E-state index contributed by atoms with van der Waals surface area (Å²) in [6.07, 6.45) is 5.10. The van der Waals surface area contributed by atoms with Crippen LogP contribution in [-0.2, 0) is 0 Å². The number of hydrogen-bond donors (Lipinski definition) is 3. The van der Waals surface area contributed by atoms with Crippen molar-refractivity contribution in [1.82, 2.24) is 0 Å². The molecule has 2 atom stereocenters. The third-order valence-electron chi connectivity index (χ3n) is 2.34. The highest BCUT2D eigenvalue weighted by Crippen LogP contribution is 2.19. The van der Waals surface area contributed by atoms with Crippen LogP contribution in [0.4, 0.5) is 0 Å². The van der Waals surface area contributed by atoms with E-state index < -0.39 is 0 Å². The minimum Gasteiger partial charge on any atom is -0.513 e. The number of unbranched alkanes of at least 4 members (excludes halogenated alkanes) is 2. The van der Waals surface area contributed by atoms with Crippen molar-refractivity contribution in [3.8, 4) is 0 Å². The summed E-state index contributed by atoms with van der Waals surface area (Å²) in [7, 11) is 0. The van der Waals surface area contributed by atoms with Gasteiger partial charge in [-0.2, -0.15) is 0 Å². The predicted octanol–water partition coefficient (Wildman–Crippen LogP) is 1.74. The maximum Gasteiger partial charge on any atom is 0.0900 e. The van der Waals surface area contributed by atoms with Gasteiger partial charge in [0.15, 0.2) is 0 Å². The number of aliphatic hydroxyl groups is 2. The molecule has 14 heavy (non-hydrogen) atoms. The minimum absolute atomic E-state index is 0.105. The Kier molecular flexibility index (Phi) is 7.16. The maximum atomic E-state index is 9.30. The standard InChI is InChI=1S/C11H21NO2/c1-3-11(12)10(9(2)14)7-5-4-6-8-13/h3,10-11,13-14H,1-2,4-8,12H2. The highest BCUT2D eigenvalue weighted by molar-refractivity contribution is 5.01. The molecule has 4 N–H and O–H groups in total. The van der Waals surface area contributed by atoms with Crippen LogP contribution in [0.3, 0.4) is 0 Å². The number of aliphatic hydroxyl groups excluding tert-OH is 2. The molecule has 82 valence electrons. The van der Waals surface area contributed by atoms with E-state index in [9.17, 15) is 5.11 Å². The van der Waals surface area contributed by atoms with E-state index in [1.807, 2.05) is 0 Å². The van der Waals surface area contributed by atoms with Gasteiger partial charge in [0.1, 0.15) is 0 Å². The predicted molar refractivity (Wildman–Crippen MR) is 59.0 cm³/mol. The van der Waals surface area contributed by atoms with Crippen LogP contribution in [0.15, 0.2) is 25.0 Å². The first-order valence-electron chi connectivity index (χ1n) is 5.00. The van der Waals surface area contributed by atoms with Crippen molar-refractivity contribution >= 4 is 0 Å². The van der Waals surface area contributed by atoms with Crippen molar-refractivity contribution in [2.45, 2.75) is 31.7 Å². The maximum absolute atomic E-state index is 9.30. The van der Waals surface area contributed by atoms with Gasteiger partial charge in [0.2, 0.25) is 0 Å². The number of rotatable bonds is 8. The molecule has 0 saturated heterocycles. The summed E-state index contributed by atoms with van der Waals surface area (Å²) < 4.78 is 0. The smallest absolute Gasteiger partial charge is 0.0900 e. The molecule has 0 aromatic rings. The van der Waals surface area contributed by atoms with Crippen LogP contribution in [0.2, 0.25) is 0 Å². The van der Waals surface area contributed by atoms with E-state index >= 15 is 0 Å². The summed E-state index contributed by atoms with van der Waals surface area (Å²) in [5.74, 6) is 0.0209. The van der Waals surface area contributed by atoms with Gasteiger partial charge in [-0.3, -0.25) is 0 Å². The summed E-state index contributed by atoms with van der Waals surface area (Å²) in [6, 6.07) is -0.235. The topological polar surface area (TPSA) is 66.5 Å². The first-order valence-corrected chi connectivity index (χ1v) is 5.00. The largest absolute Gasteiger partial charge is 0.513 e. The van der Waals surface area contributed by atoms with Crippen molar-refractivity contribution in [2.24, 2.45) is 11.7 Å². The molecule has 0 saturated carbocycles. The van der Waals surface area contributed by atoms with Crippen molar-refractivity contribution < 1.29 is 10.2 Å². The molecule has 0 radical (unpaired) electrons. The average molecular weight is 199 g/mol. The van der Waals surface area contributed by atoms with Gasteiger partial charge in [-0.05, 0) is 12.8 Å². The van der Waals surface area contributed by atoms with E-state index in [1.54, 1.807) is 6.08 Å². The zero-order chi connectivity index (χ0) is 11.0. The van der Waals surface area contributed by atoms with Crippen molar-refractivity contribution in [1.29, 1.82) is 0 Å². The van der Waals surface area contributed by atoms with Gasteiger partial charge >= 0.3 is 0 Å². The van der Waals surface area contributed by atoms with E-state index in [-0.39, 0.29) is 24.3 Å². The Balaban J connectivity index is 3.86. The molecule has 0 aromatic carbocycles. The fourth-order valence-electron chi connectivity index (χ4n) is 1.40. The summed E-state index contributed by atoms with van der Waals surface area (Å²) in [5, 5.41) is 17.9. The highest BCUT2D eigenvalue weighted by atomic mass is 16.3. The number of hydrogen-bond acceptors (Lipinski definition) is 3. The van der Waals surface area contributed by atoms with Gasteiger partial charge in [0.05, 0.1) is 5.76 Å². The van der Waals surface area contributed by atoms with E-state index in [0.29, 0.717) is 0 Å². The summed E-state index contributed by atoms with van der Waals surface area (Å²) in [6.45, 7) is 7.31. The molecule has 0 heterocycles. The molecule has 0 rings (SSSR count). The first-order chi connectivity index (χ1) is 6.63. The van der Waals surface area contributed by atoms with Crippen molar-refractivity contribution in [3.63, 3.8) is 0 Å². The fraction of sp³-hybridized carbons (Fsp3) is 0.636. The third kappa shape index (κ3) is 5.04. The fourth-order valence-corrected chi connectivity index (χ4v) is 1.40. The average Bonchev–Trinajstić information content (AvgIpc) is 2.16. The molecule has 0 spiro atoms. The zero-order valence-electron chi connectivity index (χ0n) is 8.65. The Hall–Kier alpha value is -0.800. The van der Waals surface area contributed by atoms with Gasteiger partial charge < -0.3 is 15.9 Å². The van der Waals surface area contributed by atoms with E-state index in [0.717, 1.165) is 25.7 Å². The van der Waals surface area contributed by atoms with Crippen LogP contribution in [0.25, 0.3) is 0 Å². The molecule has 2 unspecified atom stereocenters. The Morgan fingerprint density at radius 2 is 2.00 bits per heavy atom. The van der Waals surface area contributed by atoms with E-state index in [4.69, 9.17) is 10.8 Å². The van der Waals surface area contributed by atoms with E-state index in [1.165, 1.54) is 0 Å². The van der Waals surface area contributed by atoms with Crippen LogP contribution in [0, 0.1) is 5.92 Å². The van der Waals surface area contributed by atoms with Gasteiger partial charge in [0, 0.05) is 18.6 Å². The SMILES string of the molecule is C=CC(N)C(CCCCCO)C(=C)O. The van der Waals surface area contributed by atoms with Crippen molar-refractivity contribution in [3.05, 3.63) is 25.0 Å². The lowest BCUT2D eigenvalue weighted by Gasteiger charge is -2.19. The molecule has 3 nitrogen and oxygen atoms in total. The Morgan fingerprint density at radius 3 is 2.43 bits per heavy atom. The van der Waals surface area contributed by atoms with Crippen LogP contribution in [0.5, 0.6) is 0 Å².